The van der Waals surface area contributed by atoms with Gasteiger partial charge >= 0.3 is 5.97 Å². The fourth-order valence-electron chi connectivity index (χ4n) is 0.987. The highest BCUT2D eigenvalue weighted by Gasteiger charge is 2.29. The van der Waals surface area contributed by atoms with E-state index in [4.69, 9.17) is 11.6 Å². The molecule has 0 saturated carbocycles. The molecule has 94 valence electrons. The van der Waals surface area contributed by atoms with E-state index in [-0.39, 0.29) is 5.82 Å². The molecule has 17 heavy (non-hydrogen) atoms. The number of carbonyl (C=O) groups excluding carboxylic acids is 1. The van der Waals surface area contributed by atoms with E-state index in [0.717, 1.165) is 7.11 Å². The molecule has 0 saturated heterocycles. The monoisotopic (exact) mass is 278 g/mol. The van der Waals surface area contributed by atoms with Gasteiger partial charge in [0.05, 0.1) is 7.11 Å². The molecule has 0 aliphatic heterocycles. The molecule has 1 unspecified atom stereocenters. The predicted molar refractivity (Wildman–Crippen MR) is 63.3 cm³/mol. The molecule has 1 aromatic rings. The van der Waals surface area contributed by atoms with Crippen LogP contribution in [0.1, 0.15) is 6.92 Å². The molecule has 6 nitrogen and oxygen atoms in total. The Labute approximate surface area is 104 Å². The van der Waals surface area contributed by atoms with Gasteiger partial charge in [-0.15, -0.1) is 0 Å². The van der Waals surface area contributed by atoms with E-state index in [9.17, 15) is 13.2 Å². The molecular weight excluding hydrogens is 268 g/mol. The van der Waals surface area contributed by atoms with Crippen LogP contribution < -0.4 is 4.72 Å². The quantitative estimate of drug-likeness (QED) is 0.832. The zero-order chi connectivity index (χ0) is 13.1. The van der Waals surface area contributed by atoms with Crippen LogP contribution in [0.3, 0.4) is 0 Å². The number of halogens is 1. The van der Waals surface area contributed by atoms with E-state index in [1.54, 1.807) is 0 Å². The van der Waals surface area contributed by atoms with E-state index in [1.807, 2.05) is 0 Å². The van der Waals surface area contributed by atoms with Gasteiger partial charge in [-0.25, -0.2) is 13.4 Å². The average molecular weight is 279 g/mol. The van der Waals surface area contributed by atoms with Crippen molar-refractivity contribution in [1.82, 2.24) is 4.98 Å². The lowest BCUT2D eigenvalue weighted by Crippen LogP contribution is -2.33. The van der Waals surface area contributed by atoms with Gasteiger partial charge in [0.2, 0.25) is 10.0 Å². The van der Waals surface area contributed by atoms with E-state index in [0.29, 0.717) is 5.02 Å². The minimum Gasteiger partial charge on any atom is -0.468 e. The smallest absolute Gasteiger partial charge is 0.325 e. The molecular formula is C9H11ClN2O4S. The summed E-state index contributed by atoms with van der Waals surface area (Å²) < 4.78 is 29.9. The van der Waals surface area contributed by atoms with Gasteiger partial charge in [0.25, 0.3) is 0 Å². The Hall–Kier alpha value is -1.34. The van der Waals surface area contributed by atoms with Crippen molar-refractivity contribution in [1.29, 1.82) is 0 Å². The maximum Gasteiger partial charge on any atom is 0.325 e. The molecule has 0 aromatic carbocycles. The summed E-state index contributed by atoms with van der Waals surface area (Å²) in [6.07, 6.45) is 1.35. The Morgan fingerprint density at radius 3 is 2.76 bits per heavy atom. The number of carbonyl (C=O) groups is 1. The molecule has 0 bridgehead atoms. The second-order valence-corrected chi connectivity index (χ2v) is 5.61. The molecule has 1 N–H and O–H groups in total. The summed E-state index contributed by atoms with van der Waals surface area (Å²) in [5.41, 5.74) is 0. The largest absolute Gasteiger partial charge is 0.468 e. The van der Waals surface area contributed by atoms with Crippen molar-refractivity contribution >= 4 is 33.4 Å². The third-order valence-electron chi connectivity index (χ3n) is 1.97. The Morgan fingerprint density at radius 1 is 1.59 bits per heavy atom. The number of esters is 1. The first kappa shape index (κ1) is 13.7. The molecule has 1 aromatic heterocycles. The summed E-state index contributed by atoms with van der Waals surface area (Å²) in [6.45, 7) is 1.22. The van der Waals surface area contributed by atoms with Crippen molar-refractivity contribution in [3.8, 4) is 0 Å². The molecule has 1 heterocycles. The number of aromatic nitrogens is 1. The Kier molecular flexibility index (Phi) is 4.30. The highest BCUT2D eigenvalue weighted by Crippen LogP contribution is 2.14. The highest BCUT2D eigenvalue weighted by molar-refractivity contribution is 7.94. The van der Waals surface area contributed by atoms with Crippen LogP contribution in [0, 0.1) is 0 Å². The van der Waals surface area contributed by atoms with Gasteiger partial charge < -0.3 is 4.74 Å². The summed E-state index contributed by atoms with van der Waals surface area (Å²) >= 11 is 5.68. The van der Waals surface area contributed by atoms with E-state index >= 15 is 0 Å². The van der Waals surface area contributed by atoms with Crippen LogP contribution in [0.25, 0.3) is 0 Å². The third kappa shape index (κ3) is 3.57. The highest BCUT2D eigenvalue weighted by atomic mass is 35.5. The van der Waals surface area contributed by atoms with Crippen molar-refractivity contribution in [2.75, 3.05) is 11.8 Å². The zero-order valence-electron chi connectivity index (χ0n) is 9.18. The molecule has 1 atom stereocenters. The van der Waals surface area contributed by atoms with Crippen molar-refractivity contribution in [3.05, 3.63) is 23.4 Å². The molecule has 0 amide bonds. The minimum atomic E-state index is -3.89. The van der Waals surface area contributed by atoms with Gasteiger partial charge in [0.1, 0.15) is 5.82 Å². The lowest BCUT2D eigenvalue weighted by molar-refractivity contribution is -0.139. The number of anilines is 1. The van der Waals surface area contributed by atoms with Crippen molar-refractivity contribution in [3.63, 3.8) is 0 Å². The average Bonchev–Trinajstić information content (AvgIpc) is 2.26. The van der Waals surface area contributed by atoms with Gasteiger partial charge in [-0.3, -0.25) is 9.52 Å². The van der Waals surface area contributed by atoms with E-state index < -0.39 is 21.2 Å². The number of hydrogen-bond acceptors (Lipinski definition) is 5. The second kappa shape index (κ2) is 5.33. The van der Waals surface area contributed by atoms with Crippen LogP contribution in [0.2, 0.25) is 5.02 Å². The van der Waals surface area contributed by atoms with Crippen LogP contribution in [-0.4, -0.2) is 31.7 Å². The molecule has 0 aliphatic carbocycles. The third-order valence-corrected chi connectivity index (χ3v) is 3.82. The lowest BCUT2D eigenvalue weighted by Gasteiger charge is -2.12. The molecule has 0 aliphatic rings. The maximum absolute atomic E-state index is 11.7. The summed E-state index contributed by atoms with van der Waals surface area (Å²) in [4.78, 5) is 14.9. The van der Waals surface area contributed by atoms with Gasteiger partial charge in [-0.1, -0.05) is 11.6 Å². The molecule has 1 rings (SSSR count). The van der Waals surface area contributed by atoms with Crippen LogP contribution in [0.4, 0.5) is 5.82 Å². The van der Waals surface area contributed by atoms with E-state index in [1.165, 1.54) is 25.3 Å². The fraction of sp³-hybridized carbons (Fsp3) is 0.333. The SMILES string of the molecule is COC(=O)C(C)S(=O)(=O)Nc1cc(Cl)ccn1. The number of nitrogens with zero attached hydrogens (tertiary/aromatic N) is 1. The molecule has 0 radical (unpaired) electrons. The first-order valence-corrected chi connectivity index (χ1v) is 6.50. The topological polar surface area (TPSA) is 85.4 Å². The number of rotatable bonds is 4. The molecule has 0 fully saturated rings. The van der Waals surface area contributed by atoms with Crippen molar-refractivity contribution in [2.45, 2.75) is 12.2 Å². The minimum absolute atomic E-state index is 0.0493. The maximum atomic E-state index is 11.7. The van der Waals surface area contributed by atoms with Gasteiger partial charge in [-0.05, 0) is 13.0 Å². The lowest BCUT2D eigenvalue weighted by atomic mass is 10.5. The second-order valence-electron chi connectivity index (χ2n) is 3.17. The summed E-state index contributed by atoms with van der Waals surface area (Å²) in [5.74, 6) is -0.798. The first-order valence-electron chi connectivity index (χ1n) is 4.58. The van der Waals surface area contributed by atoms with E-state index in [2.05, 4.69) is 14.4 Å². The zero-order valence-corrected chi connectivity index (χ0v) is 10.7. The number of hydrogen-bond donors (Lipinski definition) is 1. The van der Waals surface area contributed by atoms with Crippen molar-refractivity contribution < 1.29 is 17.9 Å². The summed E-state index contributed by atoms with van der Waals surface area (Å²) in [7, 11) is -2.77. The predicted octanol–water partition coefficient (Wildman–Crippen LogP) is 1.04. The van der Waals surface area contributed by atoms with Gasteiger partial charge in [-0.2, -0.15) is 0 Å². The number of methoxy groups -OCH3 is 1. The standard InChI is InChI=1S/C9H11ClN2O4S/c1-6(9(13)16-2)17(14,15)12-8-5-7(10)3-4-11-8/h3-6H,1-2H3,(H,11,12). The normalized spacial score (nSPS) is 12.9. The van der Waals surface area contributed by atoms with Crippen LogP contribution in [0.15, 0.2) is 18.3 Å². The fourth-order valence-corrected chi connectivity index (χ4v) is 2.08. The number of pyridine rings is 1. The first-order chi connectivity index (χ1) is 7.86. The summed E-state index contributed by atoms with van der Waals surface area (Å²) in [6, 6.07) is 2.84. The molecule has 8 heteroatoms. The number of ether oxygens (including phenoxy) is 1. The van der Waals surface area contributed by atoms with Crippen molar-refractivity contribution in [2.24, 2.45) is 0 Å². The summed E-state index contributed by atoms with van der Waals surface area (Å²) in [5, 5.41) is -0.989. The van der Waals surface area contributed by atoms with Gasteiger partial charge in [0.15, 0.2) is 5.25 Å². The van der Waals surface area contributed by atoms with Gasteiger partial charge in [0, 0.05) is 17.3 Å². The number of nitrogens with one attached hydrogen (secondary N) is 1. The molecule has 0 spiro atoms. The Bertz CT molecular complexity index is 517. The van der Waals surface area contributed by atoms with Crippen LogP contribution in [-0.2, 0) is 19.6 Å². The Morgan fingerprint density at radius 2 is 2.24 bits per heavy atom. The van der Waals surface area contributed by atoms with Crippen LogP contribution >= 0.6 is 11.6 Å². The number of sulfonamides is 1. The van der Waals surface area contributed by atoms with Crippen LogP contribution in [0.5, 0.6) is 0 Å². The Balaban J connectivity index is 2.90.